The number of amides is 1. The van der Waals surface area contributed by atoms with Gasteiger partial charge in [0.05, 0.1) is 5.69 Å². The number of halogens is 1. The van der Waals surface area contributed by atoms with E-state index in [9.17, 15) is 9.18 Å². The van der Waals surface area contributed by atoms with E-state index >= 15 is 0 Å². The first-order valence-electron chi connectivity index (χ1n) is 7.55. The first kappa shape index (κ1) is 13.6. The van der Waals surface area contributed by atoms with E-state index in [-0.39, 0.29) is 11.7 Å². The molecule has 1 aromatic rings. The highest BCUT2D eigenvalue weighted by Gasteiger charge is 2.21. The SMILES string of the molecule is O=C(CC1CCCC1)Nc1ccc2c(c1F)CCNC2. The van der Waals surface area contributed by atoms with Crippen molar-refractivity contribution in [1.29, 1.82) is 0 Å². The summed E-state index contributed by atoms with van der Waals surface area (Å²) in [5.74, 6) is 0.188. The average Bonchev–Trinajstić information content (AvgIpc) is 2.95. The Morgan fingerprint density at radius 3 is 2.95 bits per heavy atom. The number of rotatable bonds is 3. The molecular weight excluding hydrogens is 255 g/mol. The smallest absolute Gasteiger partial charge is 0.224 e. The lowest BCUT2D eigenvalue weighted by atomic mass is 9.99. The number of carbonyl (C=O) groups is 1. The van der Waals surface area contributed by atoms with Crippen LogP contribution in [0.25, 0.3) is 0 Å². The van der Waals surface area contributed by atoms with Gasteiger partial charge >= 0.3 is 0 Å². The average molecular weight is 276 g/mol. The number of fused-ring (bicyclic) bond motifs is 1. The fraction of sp³-hybridized carbons (Fsp3) is 0.562. The third-order valence-corrected chi connectivity index (χ3v) is 4.43. The molecule has 1 saturated carbocycles. The molecule has 1 amide bonds. The van der Waals surface area contributed by atoms with E-state index in [4.69, 9.17) is 0 Å². The molecule has 4 heteroatoms. The summed E-state index contributed by atoms with van der Waals surface area (Å²) in [5, 5.41) is 5.98. The van der Waals surface area contributed by atoms with E-state index in [0.717, 1.165) is 30.5 Å². The van der Waals surface area contributed by atoms with Crippen LogP contribution in [0.15, 0.2) is 12.1 Å². The Hall–Kier alpha value is -1.42. The standard InChI is InChI=1S/C16H21FN2O/c17-16-13-7-8-18-10-12(13)5-6-14(16)19-15(20)9-11-3-1-2-4-11/h5-6,11,18H,1-4,7-10H2,(H,19,20). The third kappa shape index (κ3) is 2.85. The fourth-order valence-electron chi connectivity index (χ4n) is 3.31. The molecule has 108 valence electrons. The minimum absolute atomic E-state index is 0.0512. The maximum absolute atomic E-state index is 14.4. The van der Waals surface area contributed by atoms with E-state index in [2.05, 4.69) is 10.6 Å². The van der Waals surface area contributed by atoms with Gasteiger partial charge in [0.25, 0.3) is 0 Å². The number of anilines is 1. The van der Waals surface area contributed by atoms with Gasteiger partial charge in [-0.15, -0.1) is 0 Å². The Bertz CT molecular complexity index is 509. The second-order valence-electron chi connectivity index (χ2n) is 5.89. The molecular formula is C16H21FN2O. The monoisotopic (exact) mass is 276 g/mol. The van der Waals surface area contributed by atoms with Crippen molar-refractivity contribution in [2.75, 3.05) is 11.9 Å². The van der Waals surface area contributed by atoms with Gasteiger partial charge in [-0.25, -0.2) is 4.39 Å². The van der Waals surface area contributed by atoms with Crippen molar-refractivity contribution in [2.24, 2.45) is 5.92 Å². The van der Waals surface area contributed by atoms with E-state index in [0.29, 0.717) is 31.0 Å². The van der Waals surface area contributed by atoms with E-state index in [1.807, 2.05) is 6.07 Å². The van der Waals surface area contributed by atoms with E-state index in [1.54, 1.807) is 6.07 Å². The van der Waals surface area contributed by atoms with Crippen LogP contribution in [-0.2, 0) is 17.8 Å². The Kier molecular flexibility index (Phi) is 4.01. The van der Waals surface area contributed by atoms with Crippen LogP contribution >= 0.6 is 0 Å². The van der Waals surface area contributed by atoms with Crippen molar-refractivity contribution in [3.8, 4) is 0 Å². The molecule has 3 rings (SSSR count). The molecule has 3 nitrogen and oxygen atoms in total. The summed E-state index contributed by atoms with van der Waals surface area (Å²) < 4.78 is 14.4. The molecule has 0 radical (unpaired) electrons. The highest BCUT2D eigenvalue weighted by molar-refractivity contribution is 5.91. The van der Waals surface area contributed by atoms with Gasteiger partial charge in [0.1, 0.15) is 5.82 Å². The molecule has 20 heavy (non-hydrogen) atoms. The van der Waals surface area contributed by atoms with E-state index < -0.39 is 0 Å². The summed E-state index contributed by atoms with van der Waals surface area (Å²) in [5.41, 5.74) is 2.10. The zero-order valence-electron chi connectivity index (χ0n) is 11.7. The topological polar surface area (TPSA) is 41.1 Å². The maximum Gasteiger partial charge on any atom is 0.224 e. The van der Waals surface area contributed by atoms with Gasteiger partial charge in [0.15, 0.2) is 0 Å². The lowest BCUT2D eigenvalue weighted by Crippen LogP contribution is -2.25. The number of nitrogens with one attached hydrogen (secondary N) is 2. The molecule has 2 N–H and O–H groups in total. The van der Waals surface area contributed by atoms with Gasteiger partial charge in [0, 0.05) is 13.0 Å². The van der Waals surface area contributed by atoms with Crippen LogP contribution in [0.3, 0.4) is 0 Å². The molecule has 0 spiro atoms. The zero-order valence-corrected chi connectivity index (χ0v) is 11.7. The molecule has 2 aliphatic rings. The summed E-state index contributed by atoms with van der Waals surface area (Å²) in [6, 6.07) is 3.60. The summed E-state index contributed by atoms with van der Waals surface area (Å²) in [4.78, 5) is 12.0. The fourth-order valence-corrected chi connectivity index (χ4v) is 3.31. The minimum Gasteiger partial charge on any atom is -0.324 e. The highest BCUT2D eigenvalue weighted by atomic mass is 19.1. The van der Waals surface area contributed by atoms with Crippen molar-refractivity contribution in [3.05, 3.63) is 29.1 Å². The van der Waals surface area contributed by atoms with Gasteiger partial charge in [-0.05, 0) is 48.9 Å². The predicted octanol–water partition coefficient (Wildman–Crippen LogP) is 2.99. The maximum atomic E-state index is 14.4. The van der Waals surface area contributed by atoms with Gasteiger partial charge in [-0.3, -0.25) is 4.79 Å². The summed E-state index contributed by atoms with van der Waals surface area (Å²) in [6.07, 6.45) is 5.92. The molecule has 1 heterocycles. The predicted molar refractivity (Wildman–Crippen MR) is 77.0 cm³/mol. The zero-order chi connectivity index (χ0) is 13.9. The molecule has 0 unspecified atom stereocenters. The lowest BCUT2D eigenvalue weighted by molar-refractivity contribution is -0.117. The molecule has 1 fully saturated rings. The number of hydrogen-bond acceptors (Lipinski definition) is 2. The largest absolute Gasteiger partial charge is 0.324 e. The molecule has 1 aliphatic heterocycles. The Balaban J connectivity index is 1.69. The first-order chi connectivity index (χ1) is 9.74. The molecule has 0 bridgehead atoms. The van der Waals surface area contributed by atoms with Crippen molar-refractivity contribution in [3.63, 3.8) is 0 Å². The Labute approximate surface area is 118 Å². The van der Waals surface area contributed by atoms with Crippen LogP contribution in [0.4, 0.5) is 10.1 Å². The van der Waals surface area contributed by atoms with Crippen LogP contribution in [-0.4, -0.2) is 12.5 Å². The van der Waals surface area contributed by atoms with Crippen molar-refractivity contribution in [2.45, 2.75) is 45.1 Å². The van der Waals surface area contributed by atoms with Crippen molar-refractivity contribution >= 4 is 11.6 Å². The quantitative estimate of drug-likeness (QED) is 0.891. The van der Waals surface area contributed by atoms with Crippen LogP contribution in [0.1, 0.15) is 43.2 Å². The number of benzene rings is 1. The Morgan fingerprint density at radius 2 is 2.15 bits per heavy atom. The number of carbonyl (C=O) groups excluding carboxylic acids is 1. The van der Waals surface area contributed by atoms with Crippen LogP contribution in [0.5, 0.6) is 0 Å². The van der Waals surface area contributed by atoms with Crippen LogP contribution in [0, 0.1) is 11.7 Å². The Morgan fingerprint density at radius 1 is 1.35 bits per heavy atom. The van der Waals surface area contributed by atoms with Gasteiger partial charge < -0.3 is 10.6 Å². The summed E-state index contributed by atoms with van der Waals surface area (Å²) >= 11 is 0. The molecule has 1 aliphatic carbocycles. The van der Waals surface area contributed by atoms with Gasteiger partial charge in [-0.2, -0.15) is 0 Å². The normalized spacial score (nSPS) is 18.9. The highest BCUT2D eigenvalue weighted by Crippen LogP contribution is 2.29. The minimum atomic E-state index is -0.247. The second-order valence-corrected chi connectivity index (χ2v) is 5.89. The van der Waals surface area contributed by atoms with E-state index in [1.165, 1.54) is 12.8 Å². The first-order valence-corrected chi connectivity index (χ1v) is 7.55. The molecule has 0 saturated heterocycles. The number of hydrogen-bond donors (Lipinski definition) is 2. The van der Waals surface area contributed by atoms with Crippen molar-refractivity contribution < 1.29 is 9.18 Å². The van der Waals surface area contributed by atoms with Gasteiger partial charge in [0.2, 0.25) is 5.91 Å². The van der Waals surface area contributed by atoms with Crippen LogP contribution in [0.2, 0.25) is 0 Å². The molecule has 0 aromatic heterocycles. The summed E-state index contributed by atoms with van der Waals surface area (Å²) in [6.45, 7) is 1.51. The molecule has 1 aromatic carbocycles. The van der Waals surface area contributed by atoms with Crippen LogP contribution < -0.4 is 10.6 Å². The lowest BCUT2D eigenvalue weighted by Gasteiger charge is -2.19. The summed E-state index contributed by atoms with van der Waals surface area (Å²) in [7, 11) is 0. The van der Waals surface area contributed by atoms with Gasteiger partial charge in [-0.1, -0.05) is 18.9 Å². The second kappa shape index (κ2) is 5.92. The molecule has 0 atom stereocenters. The van der Waals surface area contributed by atoms with Crippen molar-refractivity contribution in [1.82, 2.24) is 5.32 Å². The third-order valence-electron chi connectivity index (χ3n) is 4.43.